The Morgan fingerprint density at radius 3 is 2.56 bits per heavy atom. The fourth-order valence-corrected chi connectivity index (χ4v) is 4.58. The van der Waals surface area contributed by atoms with Crippen molar-refractivity contribution in [3.63, 3.8) is 0 Å². The van der Waals surface area contributed by atoms with E-state index in [0.29, 0.717) is 31.0 Å². The van der Waals surface area contributed by atoms with Gasteiger partial charge in [-0.1, -0.05) is 25.1 Å². The highest BCUT2D eigenvalue weighted by atomic mass is 32.2. The summed E-state index contributed by atoms with van der Waals surface area (Å²) in [4.78, 5) is 14.8. The van der Waals surface area contributed by atoms with Crippen molar-refractivity contribution in [1.82, 2.24) is 4.90 Å². The predicted molar refractivity (Wildman–Crippen MR) is 102 cm³/mol. The molecule has 2 aromatic carbocycles. The van der Waals surface area contributed by atoms with Crippen molar-refractivity contribution in [1.29, 1.82) is 0 Å². The minimum atomic E-state index is -3.49. The molecule has 1 amide bonds. The molecule has 0 saturated carbocycles. The molecule has 27 heavy (non-hydrogen) atoms. The van der Waals surface area contributed by atoms with Gasteiger partial charge >= 0.3 is 0 Å². The van der Waals surface area contributed by atoms with Crippen molar-refractivity contribution in [2.24, 2.45) is 0 Å². The Hall–Kier alpha value is -2.54. The third kappa shape index (κ3) is 4.08. The molecule has 2 aromatic rings. The van der Waals surface area contributed by atoms with Crippen molar-refractivity contribution in [2.45, 2.75) is 31.7 Å². The lowest BCUT2D eigenvalue weighted by molar-refractivity contribution is 0.0748. The molecule has 7 heteroatoms. The maximum Gasteiger partial charge on any atom is 0.255 e. The van der Waals surface area contributed by atoms with Gasteiger partial charge in [-0.05, 0) is 43.2 Å². The summed E-state index contributed by atoms with van der Waals surface area (Å²) in [7, 11) is -3.49. The first-order valence-electron chi connectivity index (χ1n) is 8.96. The van der Waals surface area contributed by atoms with Crippen LogP contribution in [0, 0.1) is 0 Å². The summed E-state index contributed by atoms with van der Waals surface area (Å²) in [6, 6.07) is 12.0. The topological polar surface area (TPSA) is 72.9 Å². The molecule has 3 rings (SSSR count). The largest absolute Gasteiger partial charge is 0.454 e. The second-order valence-corrected chi connectivity index (χ2v) is 8.40. The summed E-state index contributed by atoms with van der Waals surface area (Å²) in [6.45, 7) is 4.68. The average Bonchev–Trinajstić information content (AvgIpc) is 3.13. The summed E-state index contributed by atoms with van der Waals surface area (Å²) in [6.07, 6.45) is 0.500. The number of rotatable bonds is 7. The lowest BCUT2D eigenvalue weighted by Gasteiger charge is -2.22. The van der Waals surface area contributed by atoms with E-state index in [2.05, 4.69) is 0 Å². The third-order valence-corrected chi connectivity index (χ3v) is 6.38. The van der Waals surface area contributed by atoms with Crippen LogP contribution >= 0.6 is 0 Å². The second-order valence-electron chi connectivity index (χ2n) is 6.32. The number of hydrogen-bond acceptors (Lipinski definition) is 5. The number of hydrogen-bond donors (Lipinski definition) is 0. The molecular formula is C20H23NO5S. The van der Waals surface area contributed by atoms with Gasteiger partial charge in [-0.2, -0.15) is 0 Å². The van der Waals surface area contributed by atoms with Gasteiger partial charge in [0.25, 0.3) is 5.91 Å². The molecule has 0 bridgehead atoms. The van der Waals surface area contributed by atoms with Gasteiger partial charge in [0.15, 0.2) is 21.3 Å². The summed E-state index contributed by atoms with van der Waals surface area (Å²) >= 11 is 0. The average molecular weight is 389 g/mol. The molecule has 1 aliphatic rings. The highest BCUT2D eigenvalue weighted by molar-refractivity contribution is 7.91. The van der Waals surface area contributed by atoms with E-state index < -0.39 is 9.84 Å². The standard InChI is InChI=1S/C20H23NO5S/c1-3-11-27(23,24)19-8-6-5-7-16(19)20(22)21(4-2)13-15-9-10-17-18(12-15)26-14-25-17/h5-10,12H,3-4,11,13-14H2,1-2H3. The number of sulfone groups is 1. The second kappa shape index (κ2) is 8.00. The number of carbonyl (C=O) groups excluding carboxylic acids is 1. The predicted octanol–water partition coefficient (Wildman–Crippen LogP) is 3.26. The first-order valence-corrected chi connectivity index (χ1v) is 10.6. The van der Waals surface area contributed by atoms with E-state index in [-0.39, 0.29) is 28.9 Å². The Balaban J connectivity index is 1.88. The monoisotopic (exact) mass is 389 g/mol. The van der Waals surface area contributed by atoms with Crippen LogP contribution in [0.3, 0.4) is 0 Å². The molecule has 0 radical (unpaired) electrons. The van der Waals surface area contributed by atoms with Crippen molar-refractivity contribution >= 4 is 15.7 Å². The van der Waals surface area contributed by atoms with Gasteiger partial charge in [-0.3, -0.25) is 4.79 Å². The normalized spacial score (nSPS) is 12.8. The number of nitrogens with zero attached hydrogens (tertiary/aromatic N) is 1. The van der Waals surface area contributed by atoms with Gasteiger partial charge in [0.05, 0.1) is 16.2 Å². The fraction of sp³-hybridized carbons (Fsp3) is 0.350. The van der Waals surface area contributed by atoms with Gasteiger partial charge in [0.2, 0.25) is 6.79 Å². The Labute approximate surface area is 159 Å². The van der Waals surface area contributed by atoms with E-state index in [4.69, 9.17) is 9.47 Å². The van der Waals surface area contributed by atoms with Gasteiger partial charge < -0.3 is 14.4 Å². The molecule has 0 aliphatic carbocycles. The number of fused-ring (bicyclic) bond motifs is 1. The quantitative estimate of drug-likeness (QED) is 0.727. The molecule has 0 fully saturated rings. The van der Waals surface area contributed by atoms with E-state index in [1.807, 2.05) is 25.1 Å². The maximum absolute atomic E-state index is 13.1. The number of ether oxygens (including phenoxy) is 2. The molecule has 0 unspecified atom stereocenters. The van der Waals surface area contributed by atoms with E-state index >= 15 is 0 Å². The zero-order chi connectivity index (χ0) is 19.4. The molecular weight excluding hydrogens is 366 g/mol. The Kier molecular flexibility index (Phi) is 5.70. The smallest absolute Gasteiger partial charge is 0.255 e. The van der Waals surface area contributed by atoms with Crippen LogP contribution in [0.5, 0.6) is 11.5 Å². The maximum atomic E-state index is 13.1. The van der Waals surface area contributed by atoms with Crippen molar-refractivity contribution < 1.29 is 22.7 Å². The molecule has 0 spiro atoms. The Morgan fingerprint density at radius 2 is 1.81 bits per heavy atom. The van der Waals surface area contributed by atoms with Crippen LogP contribution < -0.4 is 9.47 Å². The van der Waals surface area contributed by atoms with E-state index in [0.717, 1.165) is 5.56 Å². The van der Waals surface area contributed by atoms with Gasteiger partial charge in [0.1, 0.15) is 0 Å². The van der Waals surface area contributed by atoms with Gasteiger partial charge in [-0.25, -0.2) is 8.42 Å². The highest BCUT2D eigenvalue weighted by Crippen LogP contribution is 2.33. The zero-order valence-corrected chi connectivity index (χ0v) is 16.3. The molecule has 144 valence electrons. The summed E-state index contributed by atoms with van der Waals surface area (Å²) < 4.78 is 35.8. The Bertz CT molecular complexity index is 939. The minimum absolute atomic E-state index is 0.0194. The fourth-order valence-electron chi connectivity index (χ4n) is 3.05. The Morgan fingerprint density at radius 1 is 1.07 bits per heavy atom. The highest BCUT2D eigenvalue weighted by Gasteiger charge is 2.25. The van der Waals surface area contributed by atoms with Crippen molar-refractivity contribution in [3.8, 4) is 11.5 Å². The SMILES string of the molecule is CCCS(=O)(=O)c1ccccc1C(=O)N(CC)Cc1ccc2c(c1)OCO2. The molecule has 0 saturated heterocycles. The van der Waals surface area contributed by atoms with Crippen LogP contribution in [0.25, 0.3) is 0 Å². The molecule has 6 nitrogen and oxygen atoms in total. The summed E-state index contributed by atoms with van der Waals surface area (Å²) in [5.41, 5.74) is 1.11. The van der Waals surface area contributed by atoms with Gasteiger partial charge in [-0.15, -0.1) is 0 Å². The molecule has 0 N–H and O–H groups in total. The van der Waals surface area contributed by atoms with E-state index in [1.54, 1.807) is 30.0 Å². The third-order valence-electron chi connectivity index (χ3n) is 4.40. The van der Waals surface area contributed by atoms with Crippen molar-refractivity contribution in [3.05, 3.63) is 53.6 Å². The summed E-state index contributed by atoms with van der Waals surface area (Å²) in [5.74, 6) is 1.06. The van der Waals surface area contributed by atoms with Crippen LogP contribution in [0.15, 0.2) is 47.4 Å². The first-order chi connectivity index (χ1) is 13.0. The van der Waals surface area contributed by atoms with Crippen LogP contribution in [-0.4, -0.2) is 38.3 Å². The molecule has 0 aromatic heterocycles. The number of carbonyl (C=O) groups is 1. The van der Waals surface area contributed by atoms with Crippen molar-refractivity contribution in [2.75, 3.05) is 19.1 Å². The summed E-state index contributed by atoms with van der Waals surface area (Å²) in [5, 5.41) is 0. The van der Waals surface area contributed by atoms with Gasteiger partial charge in [0, 0.05) is 13.1 Å². The molecule has 1 heterocycles. The minimum Gasteiger partial charge on any atom is -0.454 e. The van der Waals surface area contributed by atoms with Crippen LogP contribution in [-0.2, 0) is 16.4 Å². The van der Waals surface area contributed by atoms with E-state index in [1.165, 1.54) is 6.07 Å². The molecule has 0 atom stereocenters. The lowest BCUT2D eigenvalue weighted by Crippen LogP contribution is -2.31. The number of benzene rings is 2. The van der Waals surface area contributed by atoms with E-state index in [9.17, 15) is 13.2 Å². The van der Waals surface area contributed by atoms with Crippen LogP contribution in [0.2, 0.25) is 0 Å². The number of amides is 1. The first kappa shape index (κ1) is 19.2. The van der Waals surface area contributed by atoms with Crippen LogP contribution in [0.4, 0.5) is 0 Å². The molecule has 1 aliphatic heterocycles. The van der Waals surface area contributed by atoms with Crippen LogP contribution in [0.1, 0.15) is 36.2 Å². The lowest BCUT2D eigenvalue weighted by atomic mass is 10.1. The zero-order valence-electron chi connectivity index (χ0n) is 15.5.